The Labute approximate surface area is 92.8 Å². The average molecular weight is 207 g/mol. The molecule has 1 aliphatic carbocycles. The fraction of sp³-hybridized carbons (Fsp3) is 0.769. The topological polar surface area (TPSA) is 29.1 Å². The molecule has 0 aromatic rings. The summed E-state index contributed by atoms with van der Waals surface area (Å²) < 4.78 is 0. The first kappa shape index (κ1) is 12.1. The Balaban J connectivity index is 2.08. The maximum absolute atomic E-state index is 11.5. The fourth-order valence-corrected chi connectivity index (χ4v) is 2.12. The summed E-state index contributed by atoms with van der Waals surface area (Å²) in [6.07, 6.45) is 7.93. The first-order valence-corrected chi connectivity index (χ1v) is 5.99. The van der Waals surface area contributed by atoms with Crippen LogP contribution in [0.3, 0.4) is 0 Å². The van der Waals surface area contributed by atoms with Crippen LogP contribution >= 0.6 is 0 Å². The Bertz CT molecular complexity index is 243. The van der Waals surface area contributed by atoms with Crippen molar-refractivity contribution in [2.24, 2.45) is 5.92 Å². The minimum absolute atomic E-state index is 0.208. The normalized spacial score (nSPS) is 16.6. The molecule has 0 saturated heterocycles. The van der Waals surface area contributed by atoms with Gasteiger partial charge in [0.25, 0.3) is 0 Å². The molecule has 1 fully saturated rings. The number of amides is 1. The van der Waals surface area contributed by atoms with Gasteiger partial charge in [-0.3, -0.25) is 4.79 Å². The molecule has 0 unspecified atom stereocenters. The molecule has 84 valence electrons. The van der Waals surface area contributed by atoms with E-state index in [2.05, 4.69) is 17.2 Å². The molecule has 0 heterocycles. The number of hydrogen-bond donors (Lipinski definition) is 1. The minimum Gasteiger partial charge on any atom is -0.355 e. The molecule has 0 spiro atoms. The molecule has 1 amide bonds. The van der Waals surface area contributed by atoms with Crippen molar-refractivity contribution < 1.29 is 4.79 Å². The zero-order valence-electron chi connectivity index (χ0n) is 9.64. The van der Waals surface area contributed by atoms with Gasteiger partial charge in [0, 0.05) is 19.4 Å². The lowest BCUT2D eigenvalue weighted by Crippen LogP contribution is -2.27. The van der Waals surface area contributed by atoms with Crippen LogP contribution in [0.5, 0.6) is 0 Å². The monoisotopic (exact) mass is 207 g/mol. The highest BCUT2D eigenvalue weighted by atomic mass is 16.1. The fourth-order valence-electron chi connectivity index (χ4n) is 2.12. The van der Waals surface area contributed by atoms with Crippen LogP contribution in [-0.4, -0.2) is 12.5 Å². The summed E-state index contributed by atoms with van der Waals surface area (Å²) in [5.41, 5.74) is 0. The van der Waals surface area contributed by atoms with Crippen molar-refractivity contribution in [3.63, 3.8) is 0 Å². The Hall–Kier alpha value is -0.970. The minimum atomic E-state index is 0.208. The maximum Gasteiger partial charge on any atom is 0.220 e. The third-order valence-electron chi connectivity index (χ3n) is 2.95. The van der Waals surface area contributed by atoms with Crippen molar-refractivity contribution in [3.8, 4) is 11.8 Å². The van der Waals surface area contributed by atoms with Gasteiger partial charge in [0.1, 0.15) is 0 Å². The van der Waals surface area contributed by atoms with E-state index in [1.807, 2.05) is 6.92 Å². The van der Waals surface area contributed by atoms with Gasteiger partial charge in [-0.05, 0) is 25.7 Å². The summed E-state index contributed by atoms with van der Waals surface area (Å²) in [5.74, 6) is 6.61. The van der Waals surface area contributed by atoms with E-state index in [0.29, 0.717) is 12.5 Å². The average Bonchev–Trinajstić information content (AvgIpc) is 2.26. The van der Waals surface area contributed by atoms with Crippen molar-refractivity contribution in [2.45, 2.75) is 51.9 Å². The quantitative estimate of drug-likeness (QED) is 0.557. The van der Waals surface area contributed by atoms with Crippen LogP contribution < -0.4 is 5.32 Å². The molecule has 0 radical (unpaired) electrons. The molecule has 2 nitrogen and oxygen atoms in total. The smallest absolute Gasteiger partial charge is 0.220 e. The van der Waals surface area contributed by atoms with Crippen LogP contribution in [0.1, 0.15) is 51.9 Å². The summed E-state index contributed by atoms with van der Waals surface area (Å²) in [5, 5.41) is 2.92. The van der Waals surface area contributed by atoms with Crippen LogP contribution in [0.25, 0.3) is 0 Å². The molecule has 1 N–H and O–H groups in total. The highest BCUT2D eigenvalue weighted by Crippen LogP contribution is 2.25. The molecular formula is C13H21NO. The molecule has 2 heteroatoms. The van der Waals surface area contributed by atoms with E-state index in [-0.39, 0.29) is 5.91 Å². The standard InChI is InChI=1S/C13H21NO/c1-2-3-7-10-14-13(15)11-12-8-5-4-6-9-12/h12H,4-11H2,1H3,(H,14,15). The summed E-state index contributed by atoms with van der Waals surface area (Å²) in [6.45, 7) is 2.52. The maximum atomic E-state index is 11.5. The van der Waals surface area contributed by atoms with Gasteiger partial charge < -0.3 is 5.32 Å². The van der Waals surface area contributed by atoms with Gasteiger partial charge in [-0.1, -0.05) is 19.3 Å². The zero-order chi connectivity index (χ0) is 10.9. The highest BCUT2D eigenvalue weighted by molar-refractivity contribution is 5.76. The summed E-state index contributed by atoms with van der Waals surface area (Å²) in [6, 6.07) is 0. The Morgan fingerprint density at radius 3 is 2.73 bits per heavy atom. The van der Waals surface area contributed by atoms with Gasteiger partial charge in [0.05, 0.1) is 0 Å². The second-order valence-electron chi connectivity index (χ2n) is 4.23. The van der Waals surface area contributed by atoms with Crippen LogP contribution in [0.15, 0.2) is 0 Å². The van der Waals surface area contributed by atoms with Gasteiger partial charge in [0.15, 0.2) is 0 Å². The molecule has 0 aromatic carbocycles. The molecular weight excluding hydrogens is 186 g/mol. The summed E-state index contributed by atoms with van der Waals surface area (Å²) in [7, 11) is 0. The summed E-state index contributed by atoms with van der Waals surface area (Å²) >= 11 is 0. The number of carbonyl (C=O) groups is 1. The number of nitrogens with one attached hydrogen (secondary N) is 1. The second-order valence-corrected chi connectivity index (χ2v) is 4.23. The van der Waals surface area contributed by atoms with Gasteiger partial charge in [-0.25, -0.2) is 0 Å². The van der Waals surface area contributed by atoms with E-state index < -0.39 is 0 Å². The van der Waals surface area contributed by atoms with Crippen molar-refractivity contribution in [3.05, 3.63) is 0 Å². The predicted molar refractivity (Wildman–Crippen MR) is 62.3 cm³/mol. The van der Waals surface area contributed by atoms with Gasteiger partial charge >= 0.3 is 0 Å². The third-order valence-corrected chi connectivity index (χ3v) is 2.95. The first-order valence-electron chi connectivity index (χ1n) is 5.99. The van der Waals surface area contributed by atoms with Gasteiger partial charge in [0.2, 0.25) is 5.91 Å². The lowest BCUT2D eigenvalue weighted by atomic mass is 9.87. The Kier molecular flexibility index (Phi) is 5.92. The van der Waals surface area contributed by atoms with E-state index >= 15 is 0 Å². The lowest BCUT2D eigenvalue weighted by Gasteiger charge is -2.20. The van der Waals surface area contributed by atoms with Crippen molar-refractivity contribution >= 4 is 5.91 Å². The van der Waals surface area contributed by atoms with Crippen LogP contribution in [0.2, 0.25) is 0 Å². The van der Waals surface area contributed by atoms with Crippen LogP contribution in [-0.2, 0) is 4.79 Å². The number of rotatable bonds is 4. The van der Waals surface area contributed by atoms with Crippen molar-refractivity contribution in [1.82, 2.24) is 5.32 Å². The molecule has 0 aliphatic heterocycles. The third kappa shape index (κ3) is 5.47. The Morgan fingerprint density at radius 2 is 2.07 bits per heavy atom. The van der Waals surface area contributed by atoms with E-state index in [9.17, 15) is 4.79 Å². The van der Waals surface area contributed by atoms with E-state index in [1.165, 1.54) is 32.1 Å². The molecule has 1 rings (SSSR count). The van der Waals surface area contributed by atoms with E-state index in [0.717, 1.165) is 12.8 Å². The Morgan fingerprint density at radius 1 is 1.33 bits per heavy atom. The van der Waals surface area contributed by atoms with E-state index in [1.54, 1.807) is 0 Å². The molecule has 0 aromatic heterocycles. The van der Waals surface area contributed by atoms with E-state index in [4.69, 9.17) is 0 Å². The van der Waals surface area contributed by atoms with Crippen molar-refractivity contribution in [2.75, 3.05) is 6.54 Å². The molecule has 0 atom stereocenters. The molecule has 0 bridgehead atoms. The molecule has 1 saturated carbocycles. The second kappa shape index (κ2) is 7.34. The lowest BCUT2D eigenvalue weighted by molar-refractivity contribution is -0.122. The SMILES string of the molecule is CC#CCCNC(=O)CC1CCCCC1. The number of carbonyl (C=O) groups excluding carboxylic acids is 1. The number of hydrogen-bond acceptors (Lipinski definition) is 1. The van der Waals surface area contributed by atoms with Gasteiger partial charge in [-0.15, -0.1) is 11.8 Å². The van der Waals surface area contributed by atoms with Gasteiger partial charge in [-0.2, -0.15) is 0 Å². The van der Waals surface area contributed by atoms with Crippen LogP contribution in [0.4, 0.5) is 0 Å². The molecule has 15 heavy (non-hydrogen) atoms. The predicted octanol–water partition coefficient (Wildman–Crippen LogP) is 2.49. The van der Waals surface area contributed by atoms with Crippen LogP contribution in [0, 0.1) is 17.8 Å². The largest absolute Gasteiger partial charge is 0.355 e. The van der Waals surface area contributed by atoms with Crippen molar-refractivity contribution in [1.29, 1.82) is 0 Å². The first-order chi connectivity index (χ1) is 7.33. The molecule has 1 aliphatic rings. The zero-order valence-corrected chi connectivity index (χ0v) is 9.64. The summed E-state index contributed by atoms with van der Waals surface area (Å²) in [4.78, 5) is 11.5. The highest BCUT2D eigenvalue weighted by Gasteiger charge is 2.16.